The van der Waals surface area contributed by atoms with Crippen molar-refractivity contribution in [2.45, 2.75) is 432 Å². The third kappa shape index (κ3) is 72.4. The first-order valence-electron chi connectivity index (χ1n) is 41.0. The Balaban J connectivity index is 5.17. The first-order valence-corrected chi connectivity index (χ1v) is 44.0. The van der Waals surface area contributed by atoms with Gasteiger partial charge >= 0.3 is 39.5 Å². The van der Waals surface area contributed by atoms with Gasteiger partial charge in [0.15, 0.2) is 12.2 Å². The molecule has 0 amide bonds. The van der Waals surface area contributed by atoms with Gasteiger partial charge in [-0.15, -0.1) is 0 Å². The number of ether oxygens (including phenoxy) is 4. The summed E-state index contributed by atoms with van der Waals surface area (Å²) in [4.78, 5) is 72.8. The van der Waals surface area contributed by atoms with Crippen molar-refractivity contribution in [2.75, 3.05) is 39.6 Å². The lowest BCUT2D eigenvalue weighted by molar-refractivity contribution is -0.161. The number of hydrogen-bond acceptors (Lipinski definition) is 15. The average molecular weight is 1440 g/mol. The molecule has 0 fully saturated rings. The number of aliphatic hydroxyl groups is 1. The highest BCUT2D eigenvalue weighted by molar-refractivity contribution is 7.47. The summed E-state index contributed by atoms with van der Waals surface area (Å²) in [6, 6.07) is 0. The lowest BCUT2D eigenvalue weighted by Crippen LogP contribution is -2.30. The van der Waals surface area contributed by atoms with E-state index in [1.54, 1.807) is 0 Å². The van der Waals surface area contributed by atoms with Crippen molar-refractivity contribution >= 4 is 39.5 Å². The Morgan fingerprint density at radius 1 is 0.276 bits per heavy atom. The molecule has 0 saturated carbocycles. The molecule has 0 aliphatic carbocycles. The molecular weight excluding hydrogens is 1280 g/mol. The third-order valence-corrected chi connectivity index (χ3v) is 20.4. The molecule has 0 bridgehead atoms. The van der Waals surface area contributed by atoms with E-state index in [9.17, 15) is 43.2 Å². The average Bonchev–Trinajstić information content (AvgIpc) is 0.964. The van der Waals surface area contributed by atoms with Gasteiger partial charge in [0, 0.05) is 25.7 Å². The molecule has 0 heterocycles. The Morgan fingerprint density at radius 3 is 0.694 bits per heavy atom. The van der Waals surface area contributed by atoms with Crippen molar-refractivity contribution in [3.05, 3.63) is 0 Å². The van der Waals surface area contributed by atoms with Crippen LogP contribution in [0.4, 0.5) is 0 Å². The maximum absolute atomic E-state index is 13.1. The Kier molecular flexibility index (Phi) is 69.3. The van der Waals surface area contributed by atoms with Gasteiger partial charge in [-0.3, -0.25) is 37.3 Å². The quantitative estimate of drug-likeness (QED) is 0.0222. The van der Waals surface area contributed by atoms with Crippen LogP contribution in [0.25, 0.3) is 0 Å². The van der Waals surface area contributed by atoms with Crippen LogP contribution in [0.15, 0.2) is 0 Å². The molecule has 0 aliphatic rings. The Labute approximate surface area is 600 Å². The highest BCUT2D eigenvalue weighted by Gasteiger charge is 2.30. The fourth-order valence-electron chi connectivity index (χ4n) is 12.2. The van der Waals surface area contributed by atoms with E-state index >= 15 is 0 Å². The number of phosphoric acid groups is 2. The second kappa shape index (κ2) is 70.7. The van der Waals surface area contributed by atoms with Crippen molar-refractivity contribution in [2.24, 2.45) is 11.8 Å². The molecule has 0 spiro atoms. The maximum Gasteiger partial charge on any atom is 0.472 e. The van der Waals surface area contributed by atoms with Gasteiger partial charge in [-0.25, -0.2) is 9.13 Å². The fraction of sp³-hybridized carbons (Fsp3) is 0.949. The van der Waals surface area contributed by atoms with Crippen LogP contribution in [-0.2, 0) is 65.4 Å². The molecule has 0 aromatic carbocycles. The summed E-state index contributed by atoms with van der Waals surface area (Å²) < 4.78 is 68.5. The predicted molar refractivity (Wildman–Crippen MR) is 400 cm³/mol. The smallest absolute Gasteiger partial charge is 0.462 e. The molecule has 0 saturated heterocycles. The van der Waals surface area contributed by atoms with Crippen molar-refractivity contribution in [1.82, 2.24) is 0 Å². The van der Waals surface area contributed by atoms with Crippen molar-refractivity contribution in [1.29, 1.82) is 0 Å². The standard InChI is InChI=1S/C79H154O17P2/c1-7-9-11-13-15-17-18-19-20-21-22-23-24-25-26-27-32-35-38-45-51-57-63-78(83)95-75(68-90-77(82)62-56-50-44-37-34-31-29-28-30-33-36-41-47-53-59-71(3)4)70-94-98(87,88)92-66-73(80)65-91-97(85,86)93-69-74(67-89-76(81)61-55-49-43-16-14-12-10-8-2)96-79(84)64-58-52-46-40-39-42-48-54-60-72(5)6/h71-75,80H,7-70H2,1-6H3,(H,85,86)(H,87,88)/t73-,74+,75+/m0/s1. The van der Waals surface area contributed by atoms with Gasteiger partial charge in [0.25, 0.3) is 0 Å². The topological polar surface area (TPSA) is 237 Å². The van der Waals surface area contributed by atoms with Crippen molar-refractivity contribution in [3.8, 4) is 0 Å². The summed E-state index contributed by atoms with van der Waals surface area (Å²) in [7, 11) is -9.91. The van der Waals surface area contributed by atoms with Crippen molar-refractivity contribution < 1.29 is 80.2 Å². The number of esters is 4. The van der Waals surface area contributed by atoms with Crippen molar-refractivity contribution in [3.63, 3.8) is 0 Å². The van der Waals surface area contributed by atoms with Gasteiger partial charge in [0.1, 0.15) is 19.3 Å². The van der Waals surface area contributed by atoms with Gasteiger partial charge in [0.05, 0.1) is 26.4 Å². The molecule has 98 heavy (non-hydrogen) atoms. The summed E-state index contributed by atoms with van der Waals surface area (Å²) in [5.41, 5.74) is 0. The van der Waals surface area contributed by atoms with E-state index < -0.39 is 97.5 Å². The SMILES string of the molecule is CCCCCCCCCCCCCCCCCCCCCCCCC(=O)O[C@H](COC(=O)CCCCCCCCCCCCCCCCC(C)C)COP(=O)(O)OC[C@@H](O)COP(=O)(O)OC[C@@H](COC(=O)CCCCCCCCCC)OC(=O)CCCCCCCCCCC(C)C. The minimum absolute atomic E-state index is 0.105. The number of unbranched alkanes of at least 4 members (excludes halogenated alkanes) is 48. The second-order valence-electron chi connectivity index (χ2n) is 29.4. The van der Waals surface area contributed by atoms with Crippen LogP contribution in [0.5, 0.6) is 0 Å². The fourth-order valence-corrected chi connectivity index (χ4v) is 13.8. The van der Waals surface area contributed by atoms with Gasteiger partial charge in [0.2, 0.25) is 0 Å². The van der Waals surface area contributed by atoms with Crippen LogP contribution in [0.2, 0.25) is 0 Å². The number of aliphatic hydroxyl groups excluding tert-OH is 1. The maximum atomic E-state index is 13.1. The molecule has 0 aromatic rings. The lowest BCUT2D eigenvalue weighted by Gasteiger charge is -2.21. The number of phosphoric ester groups is 2. The monoisotopic (exact) mass is 1440 g/mol. The van der Waals surface area contributed by atoms with Crippen LogP contribution < -0.4 is 0 Å². The zero-order valence-corrected chi connectivity index (χ0v) is 65.9. The van der Waals surface area contributed by atoms with Crippen LogP contribution >= 0.6 is 15.6 Å². The van der Waals surface area contributed by atoms with Gasteiger partial charge in [-0.1, -0.05) is 363 Å². The Hall–Kier alpha value is -1.94. The van der Waals surface area contributed by atoms with Gasteiger partial charge in [-0.2, -0.15) is 0 Å². The molecule has 17 nitrogen and oxygen atoms in total. The molecule has 5 atom stereocenters. The minimum Gasteiger partial charge on any atom is -0.462 e. The first-order chi connectivity index (χ1) is 47.4. The molecule has 0 aliphatic heterocycles. The number of rotatable bonds is 78. The Bertz CT molecular complexity index is 1890. The first kappa shape index (κ1) is 96.1. The molecule has 3 N–H and O–H groups in total. The van der Waals surface area contributed by atoms with E-state index in [0.717, 1.165) is 108 Å². The summed E-state index contributed by atoms with van der Waals surface area (Å²) in [6.07, 6.45) is 60.0. The highest BCUT2D eigenvalue weighted by atomic mass is 31.2. The number of hydrogen-bond donors (Lipinski definition) is 3. The lowest BCUT2D eigenvalue weighted by atomic mass is 10.0. The molecule has 0 radical (unpaired) electrons. The van der Waals surface area contributed by atoms with E-state index in [4.69, 9.17) is 37.0 Å². The molecular formula is C79H154O17P2. The summed E-state index contributed by atoms with van der Waals surface area (Å²) >= 11 is 0. The van der Waals surface area contributed by atoms with E-state index in [1.807, 2.05) is 0 Å². The summed E-state index contributed by atoms with van der Waals surface area (Å²) in [5.74, 6) is -0.600. The molecule has 582 valence electrons. The van der Waals surface area contributed by atoms with Crippen LogP contribution in [-0.4, -0.2) is 96.7 Å². The van der Waals surface area contributed by atoms with E-state index in [0.29, 0.717) is 25.7 Å². The highest BCUT2D eigenvalue weighted by Crippen LogP contribution is 2.45. The van der Waals surface area contributed by atoms with Gasteiger partial charge in [-0.05, 0) is 37.5 Å². The number of carbonyl (C=O) groups is 4. The third-order valence-electron chi connectivity index (χ3n) is 18.5. The van der Waals surface area contributed by atoms with Crippen LogP contribution in [0, 0.1) is 11.8 Å². The molecule has 19 heteroatoms. The summed E-state index contributed by atoms with van der Waals surface area (Å²) in [6.45, 7) is 9.56. The van der Waals surface area contributed by atoms with Crippen LogP contribution in [0.1, 0.15) is 414 Å². The summed E-state index contributed by atoms with van der Waals surface area (Å²) in [5, 5.41) is 10.6. The van der Waals surface area contributed by atoms with E-state index in [-0.39, 0.29) is 25.7 Å². The Morgan fingerprint density at radius 2 is 0.469 bits per heavy atom. The number of carbonyl (C=O) groups excluding carboxylic acids is 4. The zero-order valence-electron chi connectivity index (χ0n) is 64.1. The minimum atomic E-state index is -4.96. The zero-order chi connectivity index (χ0) is 72.1. The predicted octanol–water partition coefficient (Wildman–Crippen LogP) is 23.5. The molecule has 2 unspecified atom stereocenters. The largest absolute Gasteiger partial charge is 0.472 e. The van der Waals surface area contributed by atoms with Crippen LogP contribution in [0.3, 0.4) is 0 Å². The molecule has 0 aromatic heterocycles. The normalized spacial score (nSPS) is 13.9. The van der Waals surface area contributed by atoms with E-state index in [1.165, 1.54) is 225 Å². The van der Waals surface area contributed by atoms with Gasteiger partial charge < -0.3 is 33.8 Å². The van der Waals surface area contributed by atoms with E-state index in [2.05, 4.69) is 41.5 Å². The molecule has 0 rings (SSSR count). The second-order valence-corrected chi connectivity index (χ2v) is 32.3.